The smallest absolute Gasteiger partial charge is 0.0693 e. The van der Waals surface area contributed by atoms with Gasteiger partial charge in [0.15, 0.2) is 0 Å². The first kappa shape index (κ1) is 17.2. The average molecular weight is 297 g/mol. The molecule has 3 N–H and O–H groups in total. The third-order valence-electron chi connectivity index (χ3n) is 5.76. The molecule has 3 nitrogen and oxygen atoms in total. The molecule has 2 aliphatic rings. The molecule has 1 aliphatic carbocycles. The quantitative estimate of drug-likeness (QED) is 0.632. The molecule has 2 rings (SSSR count). The van der Waals surface area contributed by atoms with E-state index in [1.807, 2.05) is 0 Å². The Morgan fingerprint density at radius 3 is 2.76 bits per heavy atom. The van der Waals surface area contributed by atoms with E-state index in [9.17, 15) is 10.2 Å². The first-order chi connectivity index (χ1) is 10.1. The summed E-state index contributed by atoms with van der Waals surface area (Å²) in [7, 11) is 0. The van der Waals surface area contributed by atoms with Crippen molar-refractivity contribution in [3.63, 3.8) is 0 Å². The topological polar surface area (TPSA) is 52.5 Å². The van der Waals surface area contributed by atoms with Gasteiger partial charge in [0.05, 0.1) is 12.2 Å². The van der Waals surface area contributed by atoms with Gasteiger partial charge >= 0.3 is 0 Å². The SMILES string of the molecule is CCC[C@H](O)CCCC[C@H]1CCCC2N[C@@H](C)[C@H](O)CC21. The number of fused-ring (bicyclic) bond motifs is 1. The molecule has 21 heavy (non-hydrogen) atoms. The summed E-state index contributed by atoms with van der Waals surface area (Å²) in [4.78, 5) is 0. The molecule has 6 atom stereocenters. The van der Waals surface area contributed by atoms with Crippen molar-refractivity contribution in [2.24, 2.45) is 11.8 Å². The highest BCUT2D eigenvalue weighted by molar-refractivity contribution is 4.95. The van der Waals surface area contributed by atoms with Crippen LogP contribution in [0.3, 0.4) is 0 Å². The normalized spacial score (nSPS) is 38.0. The molecule has 1 aliphatic heterocycles. The van der Waals surface area contributed by atoms with Crippen molar-refractivity contribution in [1.29, 1.82) is 0 Å². The Kier molecular flexibility index (Phi) is 6.97. The number of aliphatic hydroxyl groups is 2. The van der Waals surface area contributed by atoms with E-state index in [1.54, 1.807) is 0 Å². The second-order valence-electron chi connectivity index (χ2n) is 7.45. The molecule has 124 valence electrons. The fourth-order valence-electron chi connectivity index (χ4n) is 4.47. The van der Waals surface area contributed by atoms with E-state index in [1.165, 1.54) is 32.1 Å². The lowest BCUT2D eigenvalue weighted by Gasteiger charge is -2.46. The van der Waals surface area contributed by atoms with Gasteiger partial charge < -0.3 is 15.5 Å². The Morgan fingerprint density at radius 2 is 2.00 bits per heavy atom. The summed E-state index contributed by atoms with van der Waals surface area (Å²) in [6.07, 6.45) is 11.3. The van der Waals surface area contributed by atoms with Gasteiger partial charge in [0, 0.05) is 12.1 Å². The van der Waals surface area contributed by atoms with Crippen LogP contribution < -0.4 is 5.32 Å². The van der Waals surface area contributed by atoms with Crippen molar-refractivity contribution < 1.29 is 10.2 Å². The zero-order valence-corrected chi connectivity index (χ0v) is 13.9. The van der Waals surface area contributed by atoms with Crippen LogP contribution in [0, 0.1) is 11.8 Å². The minimum Gasteiger partial charge on any atom is -0.393 e. The highest BCUT2D eigenvalue weighted by Gasteiger charge is 2.39. The summed E-state index contributed by atoms with van der Waals surface area (Å²) in [5.74, 6) is 1.45. The summed E-state index contributed by atoms with van der Waals surface area (Å²) >= 11 is 0. The monoisotopic (exact) mass is 297 g/mol. The highest BCUT2D eigenvalue weighted by atomic mass is 16.3. The molecular formula is C18H35NO2. The molecule has 0 amide bonds. The maximum Gasteiger partial charge on any atom is 0.0693 e. The number of rotatable bonds is 7. The molecule has 2 unspecified atom stereocenters. The van der Waals surface area contributed by atoms with Gasteiger partial charge in [-0.1, -0.05) is 45.4 Å². The van der Waals surface area contributed by atoms with Gasteiger partial charge in [0.25, 0.3) is 0 Å². The van der Waals surface area contributed by atoms with E-state index in [-0.39, 0.29) is 18.2 Å². The molecule has 0 bridgehead atoms. The van der Waals surface area contributed by atoms with Crippen LogP contribution in [0.1, 0.15) is 78.1 Å². The molecule has 0 radical (unpaired) electrons. The van der Waals surface area contributed by atoms with Gasteiger partial charge in [-0.2, -0.15) is 0 Å². The fourth-order valence-corrected chi connectivity index (χ4v) is 4.47. The molecule has 0 aromatic carbocycles. The molecular weight excluding hydrogens is 262 g/mol. The predicted molar refractivity (Wildman–Crippen MR) is 87.2 cm³/mol. The number of piperidine rings is 1. The van der Waals surface area contributed by atoms with Gasteiger partial charge in [-0.05, 0) is 44.4 Å². The molecule has 0 aromatic rings. The van der Waals surface area contributed by atoms with E-state index in [0.29, 0.717) is 12.0 Å². The standard InChI is InChI=1S/C18H35NO2/c1-3-7-15(20)10-5-4-8-14-9-6-11-17-16(14)12-18(21)13(2)19-17/h13-21H,3-12H2,1-2H3/t13-,14-,15-,16?,17?,18+/m0/s1. The number of unbranched alkanes of at least 4 members (excludes halogenated alkanes) is 1. The van der Waals surface area contributed by atoms with Gasteiger partial charge in [-0.25, -0.2) is 0 Å². The van der Waals surface area contributed by atoms with E-state index in [4.69, 9.17) is 0 Å². The molecule has 0 spiro atoms. The maximum atomic E-state index is 10.1. The first-order valence-electron chi connectivity index (χ1n) is 9.24. The first-order valence-corrected chi connectivity index (χ1v) is 9.24. The Labute approximate surface area is 130 Å². The number of nitrogens with one attached hydrogen (secondary N) is 1. The second kappa shape index (κ2) is 8.50. The van der Waals surface area contributed by atoms with Crippen molar-refractivity contribution in [3.05, 3.63) is 0 Å². The Balaban J connectivity index is 1.72. The number of aliphatic hydroxyl groups excluding tert-OH is 2. The average Bonchev–Trinajstić information content (AvgIpc) is 2.45. The Morgan fingerprint density at radius 1 is 1.19 bits per heavy atom. The van der Waals surface area contributed by atoms with Crippen LogP contribution in [0.4, 0.5) is 0 Å². The Hall–Kier alpha value is -0.120. The summed E-state index contributed by atoms with van der Waals surface area (Å²) < 4.78 is 0. The second-order valence-corrected chi connectivity index (χ2v) is 7.45. The Bertz CT molecular complexity index is 297. The zero-order chi connectivity index (χ0) is 15.2. The zero-order valence-electron chi connectivity index (χ0n) is 13.9. The molecule has 0 aromatic heterocycles. The van der Waals surface area contributed by atoms with E-state index < -0.39 is 0 Å². The van der Waals surface area contributed by atoms with E-state index in [2.05, 4.69) is 19.2 Å². The van der Waals surface area contributed by atoms with Crippen molar-refractivity contribution in [3.8, 4) is 0 Å². The van der Waals surface area contributed by atoms with Crippen LogP contribution in [0.15, 0.2) is 0 Å². The van der Waals surface area contributed by atoms with Crippen LogP contribution in [-0.4, -0.2) is 34.5 Å². The van der Waals surface area contributed by atoms with Crippen molar-refractivity contribution in [2.45, 2.75) is 102 Å². The van der Waals surface area contributed by atoms with Crippen molar-refractivity contribution >= 4 is 0 Å². The largest absolute Gasteiger partial charge is 0.393 e. The summed E-state index contributed by atoms with van der Waals surface area (Å²) in [5.41, 5.74) is 0. The maximum absolute atomic E-state index is 10.1. The van der Waals surface area contributed by atoms with Gasteiger partial charge in [-0.15, -0.1) is 0 Å². The minimum atomic E-state index is -0.168. The highest BCUT2D eigenvalue weighted by Crippen LogP contribution is 2.39. The van der Waals surface area contributed by atoms with Crippen LogP contribution >= 0.6 is 0 Å². The van der Waals surface area contributed by atoms with Crippen molar-refractivity contribution in [1.82, 2.24) is 5.32 Å². The molecule has 1 saturated carbocycles. The summed E-state index contributed by atoms with van der Waals surface area (Å²) in [5, 5.41) is 23.6. The van der Waals surface area contributed by atoms with Crippen LogP contribution in [0.2, 0.25) is 0 Å². The summed E-state index contributed by atoms with van der Waals surface area (Å²) in [6.45, 7) is 4.24. The van der Waals surface area contributed by atoms with E-state index in [0.717, 1.165) is 38.0 Å². The lowest BCUT2D eigenvalue weighted by atomic mass is 9.68. The fraction of sp³-hybridized carbons (Fsp3) is 1.00. The van der Waals surface area contributed by atoms with Crippen LogP contribution in [0.5, 0.6) is 0 Å². The molecule has 1 saturated heterocycles. The van der Waals surface area contributed by atoms with Crippen molar-refractivity contribution in [2.75, 3.05) is 0 Å². The summed E-state index contributed by atoms with van der Waals surface area (Å²) in [6, 6.07) is 0.891. The number of hydrogen-bond acceptors (Lipinski definition) is 3. The predicted octanol–water partition coefficient (Wildman–Crippen LogP) is 3.24. The number of hydrogen-bond donors (Lipinski definition) is 3. The lowest BCUT2D eigenvalue weighted by molar-refractivity contribution is 0.0123. The third kappa shape index (κ3) is 4.94. The van der Waals surface area contributed by atoms with Gasteiger partial charge in [0.2, 0.25) is 0 Å². The molecule has 3 heteroatoms. The lowest BCUT2D eigenvalue weighted by Crippen LogP contribution is -2.56. The molecule has 2 fully saturated rings. The van der Waals surface area contributed by atoms with Gasteiger partial charge in [0.1, 0.15) is 0 Å². The molecule has 1 heterocycles. The van der Waals surface area contributed by atoms with Crippen LogP contribution in [0.25, 0.3) is 0 Å². The third-order valence-corrected chi connectivity index (χ3v) is 5.76. The van der Waals surface area contributed by atoms with Gasteiger partial charge in [-0.3, -0.25) is 0 Å². The minimum absolute atomic E-state index is 0.0897. The van der Waals surface area contributed by atoms with Crippen LogP contribution in [-0.2, 0) is 0 Å². The van der Waals surface area contributed by atoms with E-state index >= 15 is 0 Å².